The number of aromatic nitrogens is 5. The van der Waals surface area contributed by atoms with Crippen LogP contribution in [0.25, 0.3) is 56.3 Å². The molecule has 5 nitrogen and oxygen atoms in total. The molecule has 0 aliphatic heterocycles. The van der Waals surface area contributed by atoms with Gasteiger partial charge in [-0.15, -0.1) is 0 Å². The SMILES string of the molecule is Cc1ccc(C)c(-c2cccc[n+]2C)c1.[2H]C([2H])([2H])C([2H])(C)C([2H])([2H])c1ccc(-c2cccc[n+]2C)c(C)c1.[2H]C([2H])([2H])C([2H])(c1ccc(-c2cccc[n+]2C)c(C)c1)C([2H])([2H])[2H].[2H]C([2H])([2H])Cc1ccc(-c2cccc[n+]2C)c(C)c1.[2H]C([2H])([2H])c1ccc(C)c(-c2cccc[n+]2C)c1. The van der Waals surface area contributed by atoms with Crippen LogP contribution < -0.4 is 22.8 Å². The largest absolute Gasteiger partial charge is 0.212 e. The molecule has 0 spiro atoms. The van der Waals surface area contributed by atoms with E-state index in [2.05, 4.69) is 78.7 Å². The molecule has 0 aliphatic rings. The highest BCUT2D eigenvalue weighted by Gasteiger charge is 2.16. The van der Waals surface area contributed by atoms with Crippen LogP contribution in [0.2, 0.25) is 0 Å². The zero-order chi connectivity index (χ0) is 74.9. The van der Waals surface area contributed by atoms with Gasteiger partial charge in [0.05, 0.1) is 0 Å². The van der Waals surface area contributed by atoms with Crippen molar-refractivity contribution in [2.75, 3.05) is 0 Å². The van der Waals surface area contributed by atoms with Crippen LogP contribution in [0.3, 0.4) is 0 Å². The summed E-state index contributed by atoms with van der Waals surface area (Å²) < 4.78 is 155. The van der Waals surface area contributed by atoms with Crippen molar-refractivity contribution in [3.8, 4) is 56.3 Å². The van der Waals surface area contributed by atoms with Crippen molar-refractivity contribution in [2.24, 2.45) is 41.1 Å². The molecule has 5 heterocycles. The molecular weight excluding hydrogens is 983 g/mol. The number of hydrogen-bond donors (Lipinski definition) is 0. The van der Waals surface area contributed by atoms with Gasteiger partial charge < -0.3 is 0 Å². The average Bonchev–Trinajstić information content (AvgIpc) is 0.748. The lowest BCUT2D eigenvalue weighted by Gasteiger charge is -2.09. The van der Waals surface area contributed by atoms with Gasteiger partial charge in [0, 0.05) is 115 Å². The molecule has 81 heavy (non-hydrogen) atoms. The first kappa shape index (κ1) is 40.1. The summed E-state index contributed by atoms with van der Waals surface area (Å²) in [5.41, 5.74) is 18.3. The first-order valence-corrected chi connectivity index (χ1v) is 27.0. The van der Waals surface area contributed by atoms with Crippen LogP contribution in [-0.2, 0) is 48.0 Å². The van der Waals surface area contributed by atoms with Crippen molar-refractivity contribution in [2.45, 2.75) is 101 Å². The van der Waals surface area contributed by atoms with Gasteiger partial charge in [0.25, 0.3) is 0 Å². The Morgan fingerprint density at radius 1 is 0.383 bits per heavy atom. The minimum Gasteiger partial charge on any atom is -0.201 e. The average molecular weight is 1090 g/mol. The Bertz CT molecular complexity index is 4440. The van der Waals surface area contributed by atoms with E-state index in [0.717, 1.165) is 79.8 Å². The Labute approximate surface area is 514 Å². The van der Waals surface area contributed by atoms with Crippen LogP contribution in [0.4, 0.5) is 0 Å². The molecule has 0 N–H and O–H groups in total. The third-order valence-electron chi connectivity index (χ3n) is 13.9. The number of hydrogen-bond acceptors (Lipinski definition) is 0. The quantitative estimate of drug-likeness (QED) is 0.128. The van der Waals surface area contributed by atoms with Crippen molar-refractivity contribution in [1.82, 2.24) is 0 Å². The standard InChI is InChI=1S/C17H22N.C16H20N.C15H18N.2C14H16N/c1-13(2)11-15-8-9-16(14(3)12-15)17-7-5-6-10-18(17)4;1-12(2)14-8-9-15(13(3)11-14)16-7-5-6-10-17(16)4;1-4-13-8-9-14(12(2)11-13)15-7-5-6-10-16(15)3;2*1-11-7-8-12(2)13(10-11)14-6-4-5-9-15(14)3/h5-10,12-13H,11H2,1-4H3;5-12H,1-4H3;5-11H,4H2,1-3H3;2*4-10H,1-3H3/q5*+1/i1D3,11D2,13D;1D3,2D3,12D;2*1D3;. The highest BCUT2D eigenvalue weighted by Crippen LogP contribution is 2.27. The molecule has 5 aromatic carbocycles. The normalized spacial score (nSPS) is 15.9. The van der Waals surface area contributed by atoms with Crippen molar-refractivity contribution < 1.29 is 48.9 Å². The Hall–Kier alpha value is -8.15. The zero-order valence-corrected chi connectivity index (χ0v) is 49.2. The molecule has 0 fully saturated rings. The Morgan fingerprint density at radius 3 is 1.15 bits per heavy atom. The van der Waals surface area contributed by atoms with E-state index in [1.807, 2.05) is 178 Å². The molecular formula is C76H92N5+5. The summed E-state index contributed by atoms with van der Waals surface area (Å²) in [6, 6.07) is 57.1. The van der Waals surface area contributed by atoms with Crippen LogP contribution >= 0.6 is 0 Å². The summed E-state index contributed by atoms with van der Waals surface area (Å²) in [5, 5.41) is 0. The summed E-state index contributed by atoms with van der Waals surface area (Å²) in [4.78, 5) is 0. The molecule has 5 heteroatoms. The monoisotopic (exact) mass is 1090 g/mol. The molecule has 10 aromatic rings. The van der Waals surface area contributed by atoms with Gasteiger partial charge in [0.2, 0.25) is 28.5 Å². The third kappa shape index (κ3) is 17.4. The lowest BCUT2D eigenvalue weighted by Crippen LogP contribution is -2.30. The second kappa shape index (κ2) is 29.9. The number of nitrogens with zero attached hydrogens (tertiary/aromatic N) is 5. The lowest BCUT2D eigenvalue weighted by molar-refractivity contribution is -0.660. The minimum atomic E-state index is -2.97. The number of pyridine rings is 5. The molecule has 0 aliphatic carbocycles. The van der Waals surface area contributed by atoms with E-state index in [1.54, 1.807) is 43.3 Å². The van der Waals surface area contributed by atoms with Crippen molar-refractivity contribution in [3.63, 3.8) is 0 Å². The van der Waals surface area contributed by atoms with Gasteiger partial charge in [0.1, 0.15) is 35.2 Å². The second-order valence-corrected chi connectivity index (χ2v) is 20.3. The van der Waals surface area contributed by atoms with E-state index in [0.29, 0.717) is 5.56 Å². The fraction of sp³-hybridized carbons (Fsp3) is 0.276. The maximum absolute atomic E-state index is 8.25. The Balaban J connectivity index is 0.000000199. The number of aryl methyl sites for hydroxylation is 13. The van der Waals surface area contributed by atoms with E-state index < -0.39 is 52.4 Å². The molecule has 416 valence electrons. The van der Waals surface area contributed by atoms with Crippen LogP contribution in [0.15, 0.2) is 213 Å². The maximum atomic E-state index is 8.25. The summed E-state index contributed by atoms with van der Waals surface area (Å²) in [5.74, 6) is -4.91. The van der Waals surface area contributed by atoms with E-state index in [-0.39, 0.29) is 17.5 Å². The molecule has 0 amide bonds. The fourth-order valence-electron chi connectivity index (χ4n) is 9.40. The predicted molar refractivity (Wildman–Crippen MR) is 340 cm³/mol. The first-order chi connectivity index (χ1) is 46.2. The molecule has 0 saturated heterocycles. The van der Waals surface area contributed by atoms with Crippen molar-refractivity contribution >= 4 is 0 Å². The molecule has 0 radical (unpaired) electrons. The Kier molecular flexibility index (Phi) is 14.8. The van der Waals surface area contributed by atoms with Crippen LogP contribution in [-0.4, -0.2) is 0 Å². The van der Waals surface area contributed by atoms with Gasteiger partial charge in [-0.1, -0.05) is 106 Å². The van der Waals surface area contributed by atoms with Crippen molar-refractivity contribution in [3.05, 3.63) is 269 Å². The predicted octanol–water partition coefficient (Wildman–Crippen LogP) is 15.9. The topological polar surface area (TPSA) is 19.4 Å². The van der Waals surface area contributed by atoms with Gasteiger partial charge >= 0.3 is 0 Å². The van der Waals surface area contributed by atoms with Gasteiger partial charge in [0.15, 0.2) is 31.0 Å². The highest BCUT2D eigenvalue weighted by atomic mass is 14.9. The molecule has 0 bridgehead atoms. The molecule has 1 unspecified atom stereocenters. The minimum absolute atomic E-state index is 0.0256. The smallest absolute Gasteiger partial charge is 0.201 e. The number of benzene rings is 5. The van der Waals surface area contributed by atoms with E-state index in [1.165, 1.54) is 34.5 Å². The zero-order valence-electron chi connectivity index (χ0n) is 68.2. The van der Waals surface area contributed by atoms with E-state index in [9.17, 15) is 0 Å². The van der Waals surface area contributed by atoms with Crippen molar-refractivity contribution in [1.29, 1.82) is 0 Å². The maximum Gasteiger partial charge on any atom is 0.212 e. The number of rotatable bonds is 9. The summed E-state index contributed by atoms with van der Waals surface area (Å²) in [7, 11) is 9.86. The van der Waals surface area contributed by atoms with Crippen LogP contribution in [0, 0.1) is 54.3 Å². The summed E-state index contributed by atoms with van der Waals surface area (Å²) >= 11 is 0. The lowest BCUT2D eigenvalue weighted by atomic mass is 9.96. The summed E-state index contributed by atoms with van der Waals surface area (Å²) in [6.45, 7) is 0.429. The second-order valence-electron chi connectivity index (χ2n) is 20.3. The van der Waals surface area contributed by atoms with Crippen LogP contribution in [0.1, 0.15) is 122 Å². The third-order valence-corrected chi connectivity index (χ3v) is 13.9. The molecule has 0 saturated carbocycles. The molecule has 10 rings (SSSR count). The van der Waals surface area contributed by atoms with Gasteiger partial charge in [-0.2, -0.15) is 0 Å². The van der Waals surface area contributed by atoms with E-state index in [4.69, 9.17) is 26.0 Å². The first-order valence-electron chi connectivity index (χ1n) is 36.5. The van der Waals surface area contributed by atoms with E-state index >= 15 is 0 Å². The molecule has 5 aromatic heterocycles. The van der Waals surface area contributed by atoms with Gasteiger partial charge in [-0.05, 0) is 178 Å². The van der Waals surface area contributed by atoms with Gasteiger partial charge in [-0.3, -0.25) is 0 Å². The summed E-state index contributed by atoms with van der Waals surface area (Å²) in [6.07, 6.45) is 7.67. The highest BCUT2D eigenvalue weighted by molar-refractivity contribution is 5.65. The fourth-order valence-corrected chi connectivity index (χ4v) is 9.40. The van der Waals surface area contributed by atoms with Crippen LogP contribution in [0.5, 0.6) is 0 Å². The Morgan fingerprint density at radius 2 is 0.765 bits per heavy atom. The molecule has 1 atom stereocenters. The van der Waals surface area contributed by atoms with Gasteiger partial charge in [-0.25, -0.2) is 22.8 Å².